The molecule has 0 fully saturated rings. The van der Waals surface area contributed by atoms with Crippen LogP contribution in [0.2, 0.25) is 0 Å². The van der Waals surface area contributed by atoms with Crippen molar-refractivity contribution in [2.24, 2.45) is 0 Å². The normalized spacial score (nSPS) is 11.5. The number of hydrogen-bond acceptors (Lipinski definition) is 0. The molecule has 0 spiro atoms. The Morgan fingerprint density at radius 2 is 0.844 bits per heavy atom. The summed E-state index contributed by atoms with van der Waals surface area (Å²) >= 11 is 0. The first-order chi connectivity index (χ1) is 15.5. The third kappa shape index (κ3) is 5.28. The van der Waals surface area contributed by atoms with Crippen LogP contribution in [0.5, 0.6) is 0 Å². The van der Waals surface area contributed by atoms with Gasteiger partial charge in [-0.2, -0.15) is 0 Å². The van der Waals surface area contributed by atoms with Gasteiger partial charge < -0.3 is 0 Å². The first kappa shape index (κ1) is 21.5. The lowest BCUT2D eigenvalue weighted by Crippen LogP contribution is -1.83. The number of halogens is 2. The van der Waals surface area contributed by atoms with Crippen molar-refractivity contribution >= 4 is 24.3 Å². The van der Waals surface area contributed by atoms with Gasteiger partial charge in [0.05, 0.1) is 0 Å². The van der Waals surface area contributed by atoms with Crippen LogP contribution in [0.4, 0.5) is 8.78 Å². The van der Waals surface area contributed by atoms with Crippen molar-refractivity contribution in [2.45, 2.75) is 13.8 Å². The summed E-state index contributed by atoms with van der Waals surface area (Å²) in [6, 6.07) is 26.2. The van der Waals surface area contributed by atoms with Crippen molar-refractivity contribution in [3.63, 3.8) is 0 Å². The molecule has 0 aliphatic heterocycles. The Morgan fingerprint density at radius 1 is 0.469 bits per heavy atom. The fourth-order valence-electron chi connectivity index (χ4n) is 3.53. The van der Waals surface area contributed by atoms with Gasteiger partial charge in [-0.3, -0.25) is 0 Å². The molecule has 4 aromatic rings. The molecule has 0 bridgehead atoms. The Kier molecular flexibility index (Phi) is 6.42. The zero-order valence-corrected chi connectivity index (χ0v) is 18.1. The maximum absolute atomic E-state index is 13.5. The van der Waals surface area contributed by atoms with Crippen LogP contribution < -0.4 is 0 Å². The second-order valence-electron chi connectivity index (χ2n) is 7.91. The Balaban J connectivity index is 1.46. The van der Waals surface area contributed by atoms with Crippen LogP contribution in [0.25, 0.3) is 35.4 Å². The number of rotatable bonds is 5. The van der Waals surface area contributed by atoms with E-state index in [4.69, 9.17) is 0 Å². The second-order valence-corrected chi connectivity index (χ2v) is 7.91. The van der Waals surface area contributed by atoms with Crippen molar-refractivity contribution < 1.29 is 8.78 Å². The van der Waals surface area contributed by atoms with E-state index in [9.17, 15) is 8.78 Å². The lowest BCUT2D eigenvalue weighted by Gasteiger charge is -2.04. The van der Waals surface area contributed by atoms with E-state index in [-0.39, 0.29) is 11.6 Å². The second kappa shape index (κ2) is 9.57. The van der Waals surface area contributed by atoms with E-state index < -0.39 is 0 Å². The summed E-state index contributed by atoms with van der Waals surface area (Å²) in [7, 11) is 0. The molecule has 0 aliphatic carbocycles. The highest BCUT2D eigenvalue weighted by atomic mass is 19.1. The molecular formula is C30H24F2. The van der Waals surface area contributed by atoms with Gasteiger partial charge in [-0.25, -0.2) is 8.78 Å². The molecule has 4 rings (SSSR count). The van der Waals surface area contributed by atoms with Crippen LogP contribution in [-0.4, -0.2) is 0 Å². The quantitative estimate of drug-likeness (QED) is 0.283. The molecule has 0 saturated heterocycles. The van der Waals surface area contributed by atoms with Crippen molar-refractivity contribution in [3.8, 4) is 11.1 Å². The van der Waals surface area contributed by atoms with E-state index >= 15 is 0 Å². The van der Waals surface area contributed by atoms with Crippen molar-refractivity contribution in [3.05, 3.63) is 130 Å². The highest BCUT2D eigenvalue weighted by Gasteiger charge is 2.00. The number of aryl methyl sites for hydroxylation is 2. The van der Waals surface area contributed by atoms with E-state index in [0.717, 1.165) is 44.5 Å². The molecule has 4 aromatic carbocycles. The Labute approximate surface area is 188 Å². The van der Waals surface area contributed by atoms with Gasteiger partial charge in [0.2, 0.25) is 0 Å². The summed E-state index contributed by atoms with van der Waals surface area (Å²) in [6.07, 6.45) is 7.87. The molecule has 0 atom stereocenters. The van der Waals surface area contributed by atoms with Crippen LogP contribution >= 0.6 is 0 Å². The van der Waals surface area contributed by atoms with Gasteiger partial charge in [-0.1, -0.05) is 85.0 Å². The molecule has 0 amide bonds. The minimum Gasteiger partial charge on any atom is -0.207 e. The molecule has 32 heavy (non-hydrogen) atoms. The summed E-state index contributed by atoms with van der Waals surface area (Å²) in [6.45, 7) is 3.95. The van der Waals surface area contributed by atoms with Gasteiger partial charge >= 0.3 is 0 Å². The fraction of sp³-hybridized carbons (Fsp3) is 0.0667. The highest BCUT2D eigenvalue weighted by Crippen LogP contribution is 2.23. The van der Waals surface area contributed by atoms with E-state index in [2.05, 4.69) is 48.5 Å². The highest BCUT2D eigenvalue weighted by molar-refractivity contribution is 5.75. The molecule has 0 heterocycles. The summed E-state index contributed by atoms with van der Waals surface area (Å²) in [5.41, 5.74) is 8.21. The maximum Gasteiger partial charge on any atom is 0.123 e. The lowest BCUT2D eigenvalue weighted by molar-refractivity contribution is 0.626. The van der Waals surface area contributed by atoms with Gasteiger partial charge in [0.15, 0.2) is 0 Å². The van der Waals surface area contributed by atoms with E-state index in [0.29, 0.717) is 0 Å². The van der Waals surface area contributed by atoms with Crippen LogP contribution in [0.15, 0.2) is 84.9 Å². The molecule has 0 aromatic heterocycles. The monoisotopic (exact) mass is 422 g/mol. The summed E-state index contributed by atoms with van der Waals surface area (Å²) in [4.78, 5) is 0. The van der Waals surface area contributed by atoms with E-state index in [1.165, 1.54) is 12.1 Å². The smallest absolute Gasteiger partial charge is 0.123 e. The predicted molar refractivity (Wildman–Crippen MR) is 132 cm³/mol. The minimum absolute atomic E-state index is 0.227. The molecule has 0 aliphatic rings. The van der Waals surface area contributed by atoms with Gasteiger partial charge in [0.25, 0.3) is 0 Å². The molecule has 158 valence electrons. The van der Waals surface area contributed by atoms with Crippen LogP contribution in [0.1, 0.15) is 33.4 Å². The van der Waals surface area contributed by atoms with Gasteiger partial charge in [-0.15, -0.1) is 0 Å². The zero-order chi connectivity index (χ0) is 22.5. The topological polar surface area (TPSA) is 0 Å². The predicted octanol–water partition coefficient (Wildman–Crippen LogP) is 8.59. The first-order valence-electron chi connectivity index (χ1n) is 10.6. The summed E-state index contributed by atoms with van der Waals surface area (Å²) in [5.74, 6) is -0.454. The van der Waals surface area contributed by atoms with Crippen molar-refractivity contribution in [1.29, 1.82) is 0 Å². The largest absolute Gasteiger partial charge is 0.207 e. The average molecular weight is 423 g/mol. The molecule has 0 N–H and O–H groups in total. The fourth-order valence-corrected chi connectivity index (χ4v) is 3.53. The molecular weight excluding hydrogens is 398 g/mol. The number of hydrogen-bond donors (Lipinski definition) is 0. The zero-order valence-electron chi connectivity index (χ0n) is 18.1. The summed E-state index contributed by atoms with van der Waals surface area (Å²) in [5, 5.41) is 0. The minimum atomic E-state index is -0.227. The van der Waals surface area contributed by atoms with Gasteiger partial charge in [0.1, 0.15) is 11.6 Å². The van der Waals surface area contributed by atoms with E-state index in [1.54, 1.807) is 24.3 Å². The Hall–Kier alpha value is -3.78. The van der Waals surface area contributed by atoms with Crippen molar-refractivity contribution in [1.82, 2.24) is 0 Å². The van der Waals surface area contributed by atoms with Crippen molar-refractivity contribution in [2.75, 3.05) is 0 Å². The molecule has 0 saturated carbocycles. The van der Waals surface area contributed by atoms with Gasteiger partial charge in [0, 0.05) is 0 Å². The molecule has 0 unspecified atom stereocenters. The maximum atomic E-state index is 13.5. The van der Waals surface area contributed by atoms with E-state index in [1.807, 2.05) is 38.2 Å². The first-order valence-corrected chi connectivity index (χ1v) is 10.6. The average Bonchev–Trinajstić information content (AvgIpc) is 2.81. The Morgan fingerprint density at radius 3 is 1.22 bits per heavy atom. The Bertz CT molecular complexity index is 1170. The van der Waals surface area contributed by atoms with Crippen LogP contribution in [-0.2, 0) is 0 Å². The SMILES string of the molecule is Cc1ccc(F)cc1C=Cc1ccc(-c2ccc(C=Cc3cc(F)ccc3C)cc2)cc1. The molecule has 2 heteroatoms. The molecule has 0 radical (unpaired) electrons. The van der Waals surface area contributed by atoms with Gasteiger partial charge in [-0.05, 0) is 82.6 Å². The third-order valence-electron chi connectivity index (χ3n) is 5.55. The third-order valence-corrected chi connectivity index (χ3v) is 5.55. The van der Waals surface area contributed by atoms with Crippen LogP contribution in [0.3, 0.4) is 0 Å². The standard InChI is InChI=1S/C30H24F2/c1-21-3-17-29(31)19-27(21)15-9-23-5-11-25(12-6-23)26-13-7-24(8-14-26)10-16-28-20-30(32)18-4-22(28)2/h3-20H,1-2H3. The van der Waals surface area contributed by atoms with Crippen LogP contribution in [0, 0.1) is 25.5 Å². The number of benzene rings is 4. The molecule has 0 nitrogen and oxygen atoms in total. The summed E-state index contributed by atoms with van der Waals surface area (Å²) < 4.78 is 26.9. The lowest BCUT2D eigenvalue weighted by atomic mass is 10.0.